The van der Waals surface area contributed by atoms with Crippen molar-refractivity contribution in [2.45, 2.75) is 6.92 Å². The van der Waals surface area contributed by atoms with E-state index >= 15 is 0 Å². The van der Waals surface area contributed by atoms with Crippen LogP contribution in [0.5, 0.6) is 0 Å². The van der Waals surface area contributed by atoms with Crippen LogP contribution in [-0.4, -0.2) is 4.98 Å². The van der Waals surface area contributed by atoms with Gasteiger partial charge in [0.05, 0.1) is 0 Å². The van der Waals surface area contributed by atoms with Crippen LogP contribution in [0.15, 0.2) is 30.1 Å². The van der Waals surface area contributed by atoms with Crippen molar-refractivity contribution in [2.75, 3.05) is 0 Å². The van der Waals surface area contributed by atoms with E-state index in [1.165, 1.54) is 0 Å². The highest BCUT2D eigenvalue weighted by atomic mass is 14.6. The number of nitriles is 2. The molecular formula is C10H7N3. The number of allylic oxidation sites excluding steroid dienone is 2. The highest BCUT2D eigenvalue weighted by Gasteiger charge is 2.02. The van der Waals surface area contributed by atoms with Crippen LogP contribution in [0.3, 0.4) is 0 Å². The van der Waals surface area contributed by atoms with Crippen molar-refractivity contribution in [3.63, 3.8) is 0 Å². The Labute approximate surface area is 76.6 Å². The molecule has 0 saturated carbocycles. The maximum Gasteiger partial charge on any atom is 0.133 e. The lowest BCUT2D eigenvalue weighted by molar-refractivity contribution is 1.31. The lowest BCUT2D eigenvalue weighted by atomic mass is 10.0. The molecule has 0 fully saturated rings. The second kappa shape index (κ2) is 4.04. The molecule has 0 bridgehead atoms. The summed E-state index contributed by atoms with van der Waals surface area (Å²) in [6, 6.07) is 7.23. The Morgan fingerprint density at radius 1 is 1.23 bits per heavy atom. The largest absolute Gasteiger partial charge is 0.265 e. The molecule has 1 rings (SSSR count). The normalized spacial score (nSPS) is 8.23. The smallest absolute Gasteiger partial charge is 0.133 e. The fourth-order valence-electron chi connectivity index (χ4n) is 0.939. The first kappa shape index (κ1) is 8.96. The van der Waals surface area contributed by atoms with E-state index in [1.807, 2.05) is 12.1 Å². The van der Waals surface area contributed by atoms with Gasteiger partial charge in [-0.15, -0.1) is 0 Å². The van der Waals surface area contributed by atoms with Gasteiger partial charge < -0.3 is 0 Å². The monoisotopic (exact) mass is 169 g/mol. The van der Waals surface area contributed by atoms with E-state index in [2.05, 4.69) is 4.98 Å². The van der Waals surface area contributed by atoms with Crippen LogP contribution >= 0.6 is 0 Å². The quantitative estimate of drug-likeness (QED) is 0.603. The van der Waals surface area contributed by atoms with Crippen molar-refractivity contribution in [1.29, 1.82) is 10.5 Å². The molecule has 3 heteroatoms. The molecular weight excluding hydrogens is 162 g/mol. The molecule has 0 amide bonds. The van der Waals surface area contributed by atoms with Crippen molar-refractivity contribution in [3.8, 4) is 12.1 Å². The highest BCUT2D eigenvalue weighted by Crippen LogP contribution is 2.15. The van der Waals surface area contributed by atoms with E-state index in [0.717, 1.165) is 5.56 Å². The minimum absolute atomic E-state index is 0.145. The van der Waals surface area contributed by atoms with E-state index in [4.69, 9.17) is 10.5 Å². The van der Waals surface area contributed by atoms with Crippen molar-refractivity contribution in [2.24, 2.45) is 0 Å². The van der Waals surface area contributed by atoms with Gasteiger partial charge in [0.2, 0.25) is 0 Å². The zero-order valence-corrected chi connectivity index (χ0v) is 7.15. The first-order valence-electron chi connectivity index (χ1n) is 3.71. The maximum absolute atomic E-state index is 8.61. The zero-order valence-electron chi connectivity index (χ0n) is 7.15. The minimum Gasteiger partial charge on any atom is -0.265 e. The van der Waals surface area contributed by atoms with Gasteiger partial charge in [-0.1, -0.05) is 0 Å². The Bertz CT molecular complexity index is 388. The molecule has 0 aliphatic heterocycles. The van der Waals surface area contributed by atoms with Gasteiger partial charge in [0.25, 0.3) is 0 Å². The maximum atomic E-state index is 8.61. The molecule has 0 aliphatic carbocycles. The number of rotatable bonds is 1. The molecule has 0 spiro atoms. The number of aromatic nitrogens is 1. The van der Waals surface area contributed by atoms with Crippen molar-refractivity contribution in [1.82, 2.24) is 4.98 Å². The fourth-order valence-corrected chi connectivity index (χ4v) is 0.939. The fraction of sp³-hybridized carbons (Fsp3) is 0.100. The Morgan fingerprint density at radius 3 is 2.23 bits per heavy atom. The molecule has 13 heavy (non-hydrogen) atoms. The first-order chi connectivity index (χ1) is 6.29. The lowest BCUT2D eigenvalue weighted by Crippen LogP contribution is -1.84. The summed E-state index contributed by atoms with van der Waals surface area (Å²) in [7, 11) is 0. The van der Waals surface area contributed by atoms with Crippen LogP contribution in [0.2, 0.25) is 0 Å². The van der Waals surface area contributed by atoms with Gasteiger partial charge in [-0.3, -0.25) is 4.98 Å². The zero-order chi connectivity index (χ0) is 9.68. The summed E-state index contributed by atoms with van der Waals surface area (Å²) in [6.07, 6.45) is 3.26. The van der Waals surface area contributed by atoms with E-state index in [9.17, 15) is 0 Å². The second-order valence-corrected chi connectivity index (χ2v) is 2.46. The molecule has 1 aromatic heterocycles. The summed E-state index contributed by atoms with van der Waals surface area (Å²) in [5.41, 5.74) is 1.69. The summed E-state index contributed by atoms with van der Waals surface area (Å²) >= 11 is 0. The van der Waals surface area contributed by atoms with Gasteiger partial charge in [0.15, 0.2) is 0 Å². The number of nitrogens with zero attached hydrogens (tertiary/aromatic N) is 3. The predicted molar refractivity (Wildman–Crippen MR) is 48.1 cm³/mol. The molecule has 3 nitrogen and oxygen atoms in total. The Morgan fingerprint density at radius 2 is 1.77 bits per heavy atom. The summed E-state index contributed by atoms with van der Waals surface area (Å²) in [4.78, 5) is 3.85. The molecule has 62 valence electrons. The van der Waals surface area contributed by atoms with Crippen LogP contribution < -0.4 is 0 Å². The average Bonchev–Trinajstić information content (AvgIpc) is 2.21. The highest BCUT2D eigenvalue weighted by molar-refractivity contribution is 5.73. The van der Waals surface area contributed by atoms with Crippen molar-refractivity contribution < 1.29 is 0 Å². The Balaban J connectivity index is 3.21. The summed E-state index contributed by atoms with van der Waals surface area (Å²) in [6.45, 7) is 1.75. The van der Waals surface area contributed by atoms with Crippen LogP contribution in [0.4, 0.5) is 0 Å². The van der Waals surface area contributed by atoms with Gasteiger partial charge in [0, 0.05) is 12.4 Å². The van der Waals surface area contributed by atoms with Crippen LogP contribution in [-0.2, 0) is 0 Å². The molecule has 0 radical (unpaired) electrons. The standard InChI is InChI=1S/C10H7N3/c1-8(10(6-11)7-12)9-2-4-13-5-3-9/h2-5H,1H3. The van der Waals surface area contributed by atoms with Gasteiger partial charge >= 0.3 is 0 Å². The number of hydrogen-bond acceptors (Lipinski definition) is 3. The second-order valence-electron chi connectivity index (χ2n) is 2.46. The topological polar surface area (TPSA) is 60.5 Å². The number of pyridine rings is 1. The molecule has 0 atom stereocenters. The molecule has 1 heterocycles. The van der Waals surface area contributed by atoms with Gasteiger partial charge in [0.1, 0.15) is 17.7 Å². The van der Waals surface area contributed by atoms with Crippen molar-refractivity contribution >= 4 is 5.57 Å². The third-order valence-corrected chi connectivity index (χ3v) is 1.71. The molecule has 1 aromatic rings. The minimum atomic E-state index is 0.145. The molecule has 0 aromatic carbocycles. The Kier molecular flexibility index (Phi) is 2.78. The lowest BCUT2D eigenvalue weighted by Gasteiger charge is -1.98. The molecule has 0 unspecified atom stereocenters. The van der Waals surface area contributed by atoms with E-state index in [-0.39, 0.29) is 5.57 Å². The summed E-state index contributed by atoms with van der Waals surface area (Å²) in [5.74, 6) is 0. The van der Waals surface area contributed by atoms with Crippen LogP contribution in [0.25, 0.3) is 5.57 Å². The van der Waals surface area contributed by atoms with E-state index < -0.39 is 0 Å². The predicted octanol–water partition coefficient (Wildman–Crippen LogP) is 1.90. The molecule has 0 N–H and O–H groups in total. The third-order valence-electron chi connectivity index (χ3n) is 1.71. The van der Waals surface area contributed by atoms with Gasteiger partial charge in [-0.05, 0) is 30.2 Å². The van der Waals surface area contributed by atoms with Crippen LogP contribution in [0.1, 0.15) is 12.5 Å². The average molecular weight is 169 g/mol. The number of hydrogen-bond donors (Lipinski definition) is 0. The first-order valence-corrected chi connectivity index (χ1v) is 3.71. The summed E-state index contributed by atoms with van der Waals surface area (Å²) in [5, 5.41) is 17.2. The van der Waals surface area contributed by atoms with Gasteiger partial charge in [-0.25, -0.2) is 0 Å². The van der Waals surface area contributed by atoms with E-state index in [1.54, 1.807) is 31.5 Å². The van der Waals surface area contributed by atoms with Crippen LogP contribution in [0, 0.1) is 22.7 Å². The molecule has 0 saturated heterocycles. The van der Waals surface area contributed by atoms with Gasteiger partial charge in [-0.2, -0.15) is 10.5 Å². The Hall–Kier alpha value is -2.13. The van der Waals surface area contributed by atoms with Crippen molar-refractivity contribution in [3.05, 3.63) is 35.7 Å². The SMILES string of the molecule is CC(=C(C#N)C#N)c1ccncc1. The van der Waals surface area contributed by atoms with E-state index in [0.29, 0.717) is 5.57 Å². The molecule has 0 aliphatic rings. The summed E-state index contributed by atoms with van der Waals surface area (Å²) < 4.78 is 0. The third kappa shape index (κ3) is 1.91.